The van der Waals surface area contributed by atoms with E-state index in [0.717, 1.165) is 44.4 Å². The second-order valence-electron chi connectivity index (χ2n) is 12.9. The number of nitrogens with one attached hydrogen (secondary N) is 1. The number of hydrogen-bond acceptors (Lipinski definition) is 5. The summed E-state index contributed by atoms with van der Waals surface area (Å²) in [6, 6.07) is 1.56. The van der Waals surface area contributed by atoms with Gasteiger partial charge in [-0.15, -0.1) is 0 Å². The first-order valence-electron chi connectivity index (χ1n) is 15.3. The zero-order valence-electron chi connectivity index (χ0n) is 23.0. The van der Waals surface area contributed by atoms with Gasteiger partial charge in [-0.1, -0.05) is 6.08 Å². The van der Waals surface area contributed by atoms with Crippen LogP contribution in [-0.2, 0) is 4.79 Å². The largest absolute Gasteiger partial charge is 0.379 e. The Balaban J connectivity index is 1.05. The lowest BCUT2D eigenvalue weighted by Gasteiger charge is -2.47. The number of rotatable bonds is 6. The van der Waals surface area contributed by atoms with Gasteiger partial charge in [0, 0.05) is 42.5 Å². The minimum absolute atomic E-state index is 0.0183. The van der Waals surface area contributed by atoms with Crippen molar-refractivity contribution in [1.82, 2.24) is 15.1 Å². The van der Waals surface area contributed by atoms with Crippen LogP contribution in [0.2, 0.25) is 0 Å². The van der Waals surface area contributed by atoms with Gasteiger partial charge in [0.2, 0.25) is 0 Å². The van der Waals surface area contributed by atoms with Crippen molar-refractivity contribution < 1.29 is 9.18 Å². The molecule has 0 aromatic heterocycles. The molecule has 1 saturated carbocycles. The van der Waals surface area contributed by atoms with E-state index in [1.807, 2.05) is 0 Å². The molecule has 0 spiro atoms. The van der Waals surface area contributed by atoms with Gasteiger partial charge in [0.15, 0.2) is 0 Å². The van der Waals surface area contributed by atoms with Crippen molar-refractivity contribution in [1.29, 1.82) is 0 Å². The van der Waals surface area contributed by atoms with E-state index < -0.39 is 6.17 Å². The summed E-state index contributed by atoms with van der Waals surface area (Å²) in [7, 11) is 0. The summed E-state index contributed by atoms with van der Waals surface area (Å²) >= 11 is 0. The minimum atomic E-state index is -0.652. The van der Waals surface area contributed by atoms with Crippen LogP contribution in [0.5, 0.6) is 0 Å². The Kier molecular flexibility index (Phi) is 7.59. The summed E-state index contributed by atoms with van der Waals surface area (Å²) in [5, 5.41) is 3.50. The molecule has 204 valence electrons. The van der Waals surface area contributed by atoms with E-state index in [9.17, 15) is 9.18 Å². The highest BCUT2D eigenvalue weighted by Gasteiger charge is 2.42. The standard InChI is InChI=1S/C31H47FN4O/c1-20-24(17-29(22-3-4-22)31(33-20)23-5-7-25(32)8-6-23)18-35-14-11-27(12-15-35)36-16-13-30-28(21(36)2)10-9-26(19-37)34-30/h5,19-22,24-27,29,34H,3-4,6-18H2,1-2H3/t20?,21-,24+,25+,26?,29-/m1/s1. The number of nitrogens with zero attached hydrogens (tertiary/aromatic N) is 3. The number of hydrogen-bond donors (Lipinski definition) is 1. The second-order valence-corrected chi connectivity index (χ2v) is 12.9. The van der Waals surface area contributed by atoms with E-state index >= 15 is 0 Å². The fraction of sp³-hybridized carbons (Fsp3) is 0.806. The average molecular weight is 511 g/mol. The third kappa shape index (κ3) is 5.48. The maximum atomic E-state index is 13.8. The van der Waals surface area contributed by atoms with Crippen molar-refractivity contribution >= 4 is 12.0 Å². The van der Waals surface area contributed by atoms with Gasteiger partial charge in [-0.25, -0.2) is 4.39 Å². The Morgan fingerprint density at radius 3 is 2.57 bits per heavy atom. The van der Waals surface area contributed by atoms with Crippen LogP contribution in [0.1, 0.15) is 84.5 Å². The molecule has 4 aliphatic heterocycles. The van der Waals surface area contributed by atoms with Crippen LogP contribution in [0.15, 0.2) is 27.9 Å². The number of allylic oxidation sites excluding steroid dienone is 2. The number of halogens is 1. The third-order valence-electron chi connectivity index (χ3n) is 10.6. The van der Waals surface area contributed by atoms with E-state index in [2.05, 4.69) is 35.0 Å². The van der Waals surface area contributed by atoms with E-state index in [-0.39, 0.29) is 6.04 Å². The van der Waals surface area contributed by atoms with Crippen molar-refractivity contribution in [2.45, 2.75) is 115 Å². The predicted octanol–water partition coefficient (Wildman–Crippen LogP) is 5.07. The van der Waals surface area contributed by atoms with Crippen LogP contribution in [0.25, 0.3) is 0 Å². The van der Waals surface area contributed by atoms with Crippen LogP contribution >= 0.6 is 0 Å². The van der Waals surface area contributed by atoms with Gasteiger partial charge in [0.25, 0.3) is 0 Å². The fourth-order valence-electron chi connectivity index (χ4n) is 8.10. The van der Waals surface area contributed by atoms with Crippen molar-refractivity contribution in [2.24, 2.45) is 22.7 Å². The quantitative estimate of drug-likeness (QED) is 0.507. The molecule has 4 heterocycles. The maximum absolute atomic E-state index is 13.8. The van der Waals surface area contributed by atoms with Gasteiger partial charge in [-0.05, 0) is 121 Å². The smallest absolute Gasteiger partial charge is 0.142 e. The molecular formula is C31H47FN4O. The van der Waals surface area contributed by atoms with Gasteiger partial charge in [-0.2, -0.15) is 0 Å². The number of carbonyl (C=O) groups is 1. The summed E-state index contributed by atoms with van der Waals surface area (Å²) in [5.41, 5.74) is 5.65. The summed E-state index contributed by atoms with van der Waals surface area (Å²) in [6.07, 6.45) is 14.3. The lowest BCUT2D eigenvalue weighted by Crippen LogP contribution is -2.53. The Morgan fingerprint density at radius 1 is 1.05 bits per heavy atom. The van der Waals surface area contributed by atoms with Gasteiger partial charge in [0.05, 0.1) is 12.1 Å². The molecule has 6 rings (SSSR count). The normalized spacial score (nSPS) is 38.5. The van der Waals surface area contributed by atoms with E-state index in [0.29, 0.717) is 42.8 Å². The Morgan fingerprint density at radius 2 is 1.86 bits per heavy atom. The summed E-state index contributed by atoms with van der Waals surface area (Å²) < 4.78 is 13.8. The second kappa shape index (κ2) is 10.9. The molecule has 6 heteroatoms. The predicted molar refractivity (Wildman–Crippen MR) is 148 cm³/mol. The first-order chi connectivity index (χ1) is 18.0. The SMILES string of the molecule is CC1N=C(C2=CC[C@H](F)CC2)[C@@H](C2CC2)C[C@H]1CN1CCC(N2CCC3=C(CCC(C=O)N3)[C@H]2C)CC1. The van der Waals surface area contributed by atoms with Crippen LogP contribution in [-0.4, -0.2) is 78.3 Å². The first-order valence-corrected chi connectivity index (χ1v) is 15.3. The first kappa shape index (κ1) is 25.7. The maximum Gasteiger partial charge on any atom is 0.142 e. The van der Waals surface area contributed by atoms with Crippen LogP contribution in [0.4, 0.5) is 4.39 Å². The minimum Gasteiger partial charge on any atom is -0.379 e. The zero-order chi connectivity index (χ0) is 25.5. The highest BCUT2D eigenvalue weighted by atomic mass is 19.1. The number of carbonyl (C=O) groups excluding carboxylic acids is 1. The zero-order valence-corrected chi connectivity index (χ0v) is 23.0. The topological polar surface area (TPSA) is 47.9 Å². The molecule has 1 N–H and O–H groups in total. The van der Waals surface area contributed by atoms with Gasteiger partial charge < -0.3 is 15.0 Å². The molecule has 2 unspecified atom stereocenters. The molecule has 2 fully saturated rings. The number of aliphatic imine (C=N–C) groups is 1. The molecule has 0 bridgehead atoms. The summed E-state index contributed by atoms with van der Waals surface area (Å²) in [4.78, 5) is 22.1. The van der Waals surface area contributed by atoms with E-state index in [4.69, 9.17) is 4.99 Å². The van der Waals surface area contributed by atoms with Crippen LogP contribution in [0.3, 0.4) is 0 Å². The fourth-order valence-corrected chi connectivity index (χ4v) is 8.10. The number of aldehydes is 1. The number of piperidine rings is 1. The van der Waals surface area contributed by atoms with E-state index in [1.54, 1.807) is 5.57 Å². The molecule has 0 aromatic rings. The number of alkyl halides is 1. The van der Waals surface area contributed by atoms with Gasteiger partial charge in [0.1, 0.15) is 12.5 Å². The summed E-state index contributed by atoms with van der Waals surface area (Å²) in [5.74, 6) is 2.07. The lowest BCUT2D eigenvalue weighted by molar-refractivity contribution is -0.109. The monoisotopic (exact) mass is 510 g/mol. The highest BCUT2D eigenvalue weighted by Crippen LogP contribution is 2.46. The molecule has 6 aliphatic rings. The van der Waals surface area contributed by atoms with Crippen molar-refractivity contribution in [3.05, 3.63) is 22.9 Å². The van der Waals surface area contributed by atoms with E-state index in [1.165, 1.54) is 68.7 Å². The Bertz CT molecular complexity index is 947. The molecule has 0 radical (unpaired) electrons. The Labute approximate surface area is 223 Å². The molecular weight excluding hydrogens is 463 g/mol. The van der Waals surface area contributed by atoms with Crippen LogP contribution < -0.4 is 5.32 Å². The molecule has 2 aliphatic carbocycles. The van der Waals surface area contributed by atoms with Gasteiger partial charge >= 0.3 is 0 Å². The number of likely N-dealkylation sites (tertiary alicyclic amines) is 1. The molecule has 0 aromatic carbocycles. The van der Waals surface area contributed by atoms with Crippen molar-refractivity contribution in [2.75, 3.05) is 26.2 Å². The van der Waals surface area contributed by atoms with Crippen LogP contribution in [0, 0.1) is 17.8 Å². The molecule has 6 atom stereocenters. The molecule has 1 saturated heterocycles. The molecule has 37 heavy (non-hydrogen) atoms. The summed E-state index contributed by atoms with van der Waals surface area (Å²) in [6.45, 7) is 9.40. The Hall–Kier alpha value is -1.53. The lowest BCUT2D eigenvalue weighted by atomic mass is 9.76. The highest BCUT2D eigenvalue weighted by molar-refractivity contribution is 6.02. The average Bonchev–Trinajstić information content (AvgIpc) is 3.76. The molecule has 0 amide bonds. The van der Waals surface area contributed by atoms with Gasteiger partial charge in [-0.3, -0.25) is 9.89 Å². The van der Waals surface area contributed by atoms with Crippen molar-refractivity contribution in [3.8, 4) is 0 Å². The third-order valence-corrected chi connectivity index (χ3v) is 10.6. The molecule has 5 nitrogen and oxygen atoms in total. The van der Waals surface area contributed by atoms with Crippen molar-refractivity contribution in [3.63, 3.8) is 0 Å².